The number of aromatic nitrogens is 1. The number of nitrogens with zero attached hydrogens (tertiary/aromatic N) is 1. The zero-order valence-electron chi connectivity index (χ0n) is 10.9. The van der Waals surface area contributed by atoms with Gasteiger partial charge in [0.15, 0.2) is 11.5 Å². The van der Waals surface area contributed by atoms with E-state index in [1.807, 2.05) is 12.1 Å². The third-order valence-electron chi connectivity index (χ3n) is 3.63. The summed E-state index contributed by atoms with van der Waals surface area (Å²) in [5.74, 6) is -0.204. The monoisotopic (exact) mass is 272 g/mol. The topological polar surface area (TPSA) is 88.6 Å². The summed E-state index contributed by atoms with van der Waals surface area (Å²) < 4.78 is 5.99. The van der Waals surface area contributed by atoms with Gasteiger partial charge in [-0.25, -0.2) is 0 Å². The number of fused-ring (bicyclic) bond motifs is 1. The molecule has 5 nitrogen and oxygen atoms in total. The maximum atomic E-state index is 10.1. The maximum absolute atomic E-state index is 10.1. The maximum Gasteiger partial charge on any atom is 0.161 e. The van der Waals surface area contributed by atoms with Crippen LogP contribution in [0.3, 0.4) is 0 Å². The number of benzene rings is 1. The third-order valence-corrected chi connectivity index (χ3v) is 3.63. The molecule has 0 aliphatic carbocycles. The predicted octanol–water partition coefficient (Wildman–Crippen LogP) is 1.81. The highest BCUT2D eigenvalue weighted by atomic mass is 16.5. The number of phenolic OH excluding ortho intramolecular Hbond substituents is 2. The molecule has 1 aliphatic heterocycles. The molecule has 104 valence electrons. The van der Waals surface area contributed by atoms with Crippen molar-refractivity contribution in [2.24, 2.45) is 5.73 Å². The van der Waals surface area contributed by atoms with E-state index in [0.29, 0.717) is 18.5 Å². The Balaban J connectivity index is 2.03. The summed E-state index contributed by atoms with van der Waals surface area (Å²) in [6.07, 6.45) is 3.40. The zero-order chi connectivity index (χ0) is 14.1. The lowest BCUT2D eigenvalue weighted by atomic mass is 9.90. The second-order valence-electron chi connectivity index (χ2n) is 4.84. The summed E-state index contributed by atoms with van der Waals surface area (Å²) in [5, 5.41) is 19.7. The van der Waals surface area contributed by atoms with Gasteiger partial charge in [-0.15, -0.1) is 0 Å². The molecule has 0 spiro atoms. The summed E-state index contributed by atoms with van der Waals surface area (Å²) >= 11 is 0. The molecule has 1 aliphatic rings. The van der Waals surface area contributed by atoms with Crippen LogP contribution in [0.5, 0.6) is 11.5 Å². The van der Waals surface area contributed by atoms with Crippen LogP contribution in [0.2, 0.25) is 0 Å². The van der Waals surface area contributed by atoms with E-state index < -0.39 is 0 Å². The van der Waals surface area contributed by atoms with Crippen molar-refractivity contribution in [2.75, 3.05) is 6.54 Å². The smallest absolute Gasteiger partial charge is 0.161 e. The fourth-order valence-corrected chi connectivity index (χ4v) is 2.61. The van der Waals surface area contributed by atoms with Gasteiger partial charge in [-0.1, -0.05) is 12.1 Å². The first-order chi connectivity index (χ1) is 9.70. The van der Waals surface area contributed by atoms with Crippen molar-refractivity contribution >= 4 is 0 Å². The fourth-order valence-electron chi connectivity index (χ4n) is 2.61. The van der Waals surface area contributed by atoms with Crippen molar-refractivity contribution in [3.8, 4) is 11.5 Å². The number of hydrogen-bond acceptors (Lipinski definition) is 5. The average molecular weight is 272 g/mol. The van der Waals surface area contributed by atoms with E-state index in [2.05, 4.69) is 4.98 Å². The van der Waals surface area contributed by atoms with Gasteiger partial charge in [-0.2, -0.15) is 0 Å². The lowest BCUT2D eigenvalue weighted by Crippen LogP contribution is -2.25. The number of hydrogen-bond donors (Lipinski definition) is 3. The standard InChI is InChI=1S/C15H16N2O3/c16-7-14-10-3-4-12(18)15(19)11(10)6-13(20-14)9-2-1-5-17-8-9/h1-5,8,13-14,18-19H,6-7,16H2. The Morgan fingerprint density at radius 2 is 2.15 bits per heavy atom. The van der Waals surface area contributed by atoms with Gasteiger partial charge in [0.05, 0.1) is 12.2 Å². The summed E-state index contributed by atoms with van der Waals surface area (Å²) in [4.78, 5) is 4.08. The second-order valence-corrected chi connectivity index (χ2v) is 4.84. The zero-order valence-corrected chi connectivity index (χ0v) is 10.9. The minimum absolute atomic E-state index is 0.0851. The van der Waals surface area contributed by atoms with Crippen LogP contribution in [0.4, 0.5) is 0 Å². The normalized spacial score (nSPS) is 21.4. The highest BCUT2D eigenvalue weighted by Crippen LogP contribution is 2.43. The van der Waals surface area contributed by atoms with Gasteiger partial charge in [-0.05, 0) is 23.3 Å². The van der Waals surface area contributed by atoms with Crippen LogP contribution in [-0.2, 0) is 11.2 Å². The average Bonchev–Trinajstić information content (AvgIpc) is 2.51. The number of rotatable bonds is 2. The molecular formula is C15H16N2O3. The quantitative estimate of drug-likeness (QED) is 0.725. The molecule has 4 N–H and O–H groups in total. The Morgan fingerprint density at radius 3 is 2.85 bits per heavy atom. The molecule has 0 fully saturated rings. The van der Waals surface area contributed by atoms with Crippen molar-refractivity contribution in [3.63, 3.8) is 0 Å². The molecule has 0 saturated heterocycles. The molecule has 0 radical (unpaired) electrons. The minimum atomic E-state index is -0.296. The van der Waals surface area contributed by atoms with Crippen LogP contribution in [0, 0.1) is 0 Å². The van der Waals surface area contributed by atoms with Crippen LogP contribution < -0.4 is 5.73 Å². The number of pyridine rings is 1. The van der Waals surface area contributed by atoms with E-state index in [0.717, 1.165) is 11.1 Å². The summed E-state index contributed by atoms with van der Waals surface area (Å²) in [6, 6.07) is 6.98. The van der Waals surface area contributed by atoms with Crippen LogP contribution in [-0.4, -0.2) is 21.7 Å². The Labute approximate surface area is 116 Å². The Hall–Kier alpha value is -2.11. The molecule has 20 heavy (non-hydrogen) atoms. The number of nitrogens with two attached hydrogens (primary N) is 1. The van der Waals surface area contributed by atoms with Gasteiger partial charge in [0.1, 0.15) is 0 Å². The Bertz CT molecular complexity index is 616. The van der Waals surface area contributed by atoms with Crippen LogP contribution in [0.25, 0.3) is 0 Å². The third kappa shape index (κ3) is 2.11. The van der Waals surface area contributed by atoms with Gasteiger partial charge < -0.3 is 20.7 Å². The van der Waals surface area contributed by atoms with Gasteiger partial charge in [0.2, 0.25) is 0 Å². The van der Waals surface area contributed by atoms with Gasteiger partial charge >= 0.3 is 0 Å². The van der Waals surface area contributed by atoms with Gasteiger partial charge in [-0.3, -0.25) is 4.98 Å². The van der Waals surface area contributed by atoms with E-state index in [1.165, 1.54) is 6.07 Å². The molecule has 1 aromatic carbocycles. The number of phenols is 2. The van der Waals surface area contributed by atoms with Crippen molar-refractivity contribution in [1.82, 2.24) is 4.98 Å². The summed E-state index contributed by atoms with van der Waals surface area (Å²) in [5.41, 5.74) is 8.22. The van der Waals surface area contributed by atoms with Crippen molar-refractivity contribution in [1.29, 1.82) is 0 Å². The molecule has 2 aromatic rings. The largest absolute Gasteiger partial charge is 0.504 e. The first kappa shape index (κ1) is 12.9. The molecule has 2 atom stereocenters. The first-order valence-electron chi connectivity index (χ1n) is 6.50. The van der Waals surface area contributed by atoms with Crippen molar-refractivity contribution < 1.29 is 14.9 Å². The second kappa shape index (κ2) is 5.11. The molecule has 0 amide bonds. The highest BCUT2D eigenvalue weighted by molar-refractivity contribution is 5.51. The Kier molecular flexibility index (Phi) is 3.30. The van der Waals surface area contributed by atoms with E-state index in [-0.39, 0.29) is 23.7 Å². The molecule has 0 bridgehead atoms. The van der Waals surface area contributed by atoms with Crippen molar-refractivity contribution in [3.05, 3.63) is 53.3 Å². The SMILES string of the molecule is NCC1OC(c2cccnc2)Cc2c1ccc(O)c2O. The fraction of sp³-hybridized carbons (Fsp3) is 0.267. The van der Waals surface area contributed by atoms with Crippen LogP contribution in [0.1, 0.15) is 28.9 Å². The van der Waals surface area contributed by atoms with E-state index in [9.17, 15) is 10.2 Å². The lowest BCUT2D eigenvalue weighted by molar-refractivity contribution is -0.0232. The molecular weight excluding hydrogens is 256 g/mol. The van der Waals surface area contributed by atoms with Gasteiger partial charge in [0, 0.05) is 30.9 Å². The van der Waals surface area contributed by atoms with E-state index in [4.69, 9.17) is 10.5 Å². The van der Waals surface area contributed by atoms with E-state index >= 15 is 0 Å². The van der Waals surface area contributed by atoms with E-state index in [1.54, 1.807) is 18.5 Å². The Morgan fingerprint density at radius 1 is 1.30 bits per heavy atom. The first-order valence-corrected chi connectivity index (χ1v) is 6.50. The van der Waals surface area contributed by atoms with Crippen LogP contribution >= 0.6 is 0 Å². The number of aromatic hydroxyl groups is 2. The lowest BCUT2D eigenvalue weighted by Gasteiger charge is -2.32. The molecule has 2 heterocycles. The summed E-state index contributed by atoms with van der Waals surface area (Å²) in [7, 11) is 0. The molecule has 3 rings (SSSR count). The molecule has 0 saturated carbocycles. The number of ether oxygens (including phenoxy) is 1. The van der Waals surface area contributed by atoms with Gasteiger partial charge in [0.25, 0.3) is 0 Å². The van der Waals surface area contributed by atoms with Crippen LogP contribution in [0.15, 0.2) is 36.7 Å². The predicted molar refractivity (Wildman–Crippen MR) is 73.3 cm³/mol. The summed E-state index contributed by atoms with van der Waals surface area (Å²) in [6.45, 7) is 0.313. The molecule has 5 heteroatoms. The minimum Gasteiger partial charge on any atom is -0.504 e. The molecule has 1 aromatic heterocycles. The highest BCUT2D eigenvalue weighted by Gasteiger charge is 2.30. The molecule has 2 unspecified atom stereocenters. The van der Waals surface area contributed by atoms with Crippen molar-refractivity contribution in [2.45, 2.75) is 18.6 Å².